The van der Waals surface area contributed by atoms with Crippen LogP contribution in [0.25, 0.3) is 6.08 Å². The van der Waals surface area contributed by atoms with Gasteiger partial charge in [0, 0.05) is 30.8 Å². The number of hydrogen-bond donors (Lipinski definition) is 0. The molecule has 10 heteroatoms. The fourth-order valence-electron chi connectivity index (χ4n) is 3.58. The van der Waals surface area contributed by atoms with Crippen LogP contribution in [-0.2, 0) is 24.3 Å². The minimum absolute atomic E-state index is 0. The van der Waals surface area contributed by atoms with Crippen LogP contribution in [0.2, 0.25) is 0 Å². The molecule has 0 aromatic heterocycles. The molecule has 0 fully saturated rings. The van der Waals surface area contributed by atoms with Crippen LogP contribution in [0.3, 0.4) is 0 Å². The first-order chi connectivity index (χ1) is 16.3. The van der Waals surface area contributed by atoms with Gasteiger partial charge in [0.1, 0.15) is 0 Å². The molecule has 0 N–H and O–H groups in total. The number of carbonyl (C=O) groups excluding carboxylic acids is 3. The molecule has 0 unspecified atom stereocenters. The second-order valence-electron chi connectivity index (χ2n) is 7.81. The van der Waals surface area contributed by atoms with Crippen LogP contribution in [0.4, 0.5) is 0 Å². The van der Waals surface area contributed by atoms with E-state index in [9.17, 15) is 29.7 Å². The van der Waals surface area contributed by atoms with Crippen LogP contribution >= 0.6 is 0 Å². The minimum atomic E-state index is -1.65. The number of aliphatic carboxylic acids is 1. The number of carbonyl (C=O) groups is 3. The van der Waals surface area contributed by atoms with E-state index in [1.165, 1.54) is 11.6 Å². The molecule has 0 spiro atoms. The quantitative estimate of drug-likeness (QED) is 0.228. The monoisotopic (exact) mass is 525 g/mol. The van der Waals surface area contributed by atoms with Gasteiger partial charge in [0.25, 0.3) is 0 Å². The number of nitrogens with zero attached hydrogens (tertiary/aromatic N) is 1. The molecule has 3 aromatic rings. The zero-order valence-electron chi connectivity index (χ0n) is 21.3. The largest absolute Gasteiger partial charge is 1.00 e. The van der Waals surface area contributed by atoms with Gasteiger partial charge in [-0.1, -0.05) is 78.9 Å². The molecule has 0 radical (unpaired) electrons. The molecule has 0 aliphatic carbocycles. The standard InChI is InChI=1S/C27H25NO6.3Na/c29-25(30)18-28(17-22-13-14-23(26(31)32)24(15-22)27(33)34)16-21-11-9-20(10-12-21)8-4-7-19-5-2-1-3-6-19;;;/h1-6,8-15H,7,16-18H2,(H,29,30)(H,31,32)(H,33,34);;;/q;3*+1/p-3/b8-4+;;;. The topological polar surface area (TPSA) is 124 Å². The molecule has 0 bridgehead atoms. The molecule has 0 amide bonds. The molecule has 3 aromatic carbocycles. The molecule has 7 nitrogen and oxygen atoms in total. The van der Waals surface area contributed by atoms with E-state index < -0.39 is 29.0 Å². The Hall–Kier alpha value is -1.23. The first-order valence-corrected chi connectivity index (χ1v) is 10.6. The van der Waals surface area contributed by atoms with Crippen molar-refractivity contribution in [2.24, 2.45) is 0 Å². The molecule has 0 heterocycles. The molecule has 0 aliphatic heterocycles. The summed E-state index contributed by atoms with van der Waals surface area (Å²) in [4.78, 5) is 35.2. The number of allylic oxidation sites excluding steroid dienone is 1. The van der Waals surface area contributed by atoms with E-state index in [1.54, 1.807) is 4.90 Å². The van der Waals surface area contributed by atoms with Crippen molar-refractivity contribution in [2.45, 2.75) is 19.5 Å². The number of aromatic carboxylic acids is 2. The van der Waals surface area contributed by atoms with Gasteiger partial charge in [-0.3, -0.25) is 4.90 Å². The zero-order chi connectivity index (χ0) is 24.5. The molecule has 3 rings (SSSR count). The average molecular weight is 525 g/mol. The summed E-state index contributed by atoms with van der Waals surface area (Å²) in [6.45, 7) is -0.0488. The number of carboxylic acid groups (broad SMARTS) is 3. The van der Waals surface area contributed by atoms with Crippen molar-refractivity contribution in [3.63, 3.8) is 0 Å². The van der Waals surface area contributed by atoms with Crippen LogP contribution in [0, 0.1) is 0 Å². The summed E-state index contributed by atoms with van der Waals surface area (Å²) in [7, 11) is 0. The van der Waals surface area contributed by atoms with Gasteiger partial charge in [-0.2, -0.15) is 0 Å². The molecule has 0 aliphatic rings. The van der Waals surface area contributed by atoms with Crippen molar-refractivity contribution >= 4 is 24.0 Å². The summed E-state index contributed by atoms with van der Waals surface area (Å²) >= 11 is 0. The third kappa shape index (κ3) is 12.0. The van der Waals surface area contributed by atoms with Gasteiger partial charge in [-0.25, -0.2) is 0 Å². The first kappa shape index (κ1) is 35.8. The van der Waals surface area contributed by atoms with E-state index >= 15 is 0 Å². The van der Waals surface area contributed by atoms with E-state index in [0.29, 0.717) is 5.56 Å². The second-order valence-corrected chi connectivity index (χ2v) is 7.81. The van der Waals surface area contributed by atoms with Crippen LogP contribution in [0.5, 0.6) is 0 Å². The minimum Gasteiger partial charge on any atom is -0.549 e. The van der Waals surface area contributed by atoms with Crippen molar-refractivity contribution in [1.29, 1.82) is 0 Å². The third-order valence-corrected chi connectivity index (χ3v) is 5.18. The van der Waals surface area contributed by atoms with Gasteiger partial charge in [-0.05, 0) is 34.7 Å². The van der Waals surface area contributed by atoms with Gasteiger partial charge in [0.15, 0.2) is 0 Å². The van der Waals surface area contributed by atoms with Crippen molar-refractivity contribution in [3.8, 4) is 0 Å². The Morgan fingerprint density at radius 2 is 1.24 bits per heavy atom. The van der Waals surface area contributed by atoms with Crippen molar-refractivity contribution < 1.29 is 118 Å². The van der Waals surface area contributed by atoms with Crippen LogP contribution in [0.1, 0.15) is 43.0 Å². The van der Waals surface area contributed by atoms with Gasteiger partial charge in [0.05, 0.1) is 17.9 Å². The van der Waals surface area contributed by atoms with Crippen molar-refractivity contribution in [2.75, 3.05) is 6.54 Å². The summed E-state index contributed by atoms with van der Waals surface area (Å²) in [6, 6.07) is 21.4. The number of hydrogen-bond acceptors (Lipinski definition) is 7. The summed E-state index contributed by atoms with van der Waals surface area (Å²) < 4.78 is 0. The second kappa shape index (κ2) is 18.1. The summed E-state index contributed by atoms with van der Waals surface area (Å²) in [5.74, 6) is -4.56. The molecule has 174 valence electrons. The maximum absolute atomic E-state index is 11.3. The van der Waals surface area contributed by atoms with Crippen LogP contribution in [0.15, 0.2) is 78.9 Å². The number of benzene rings is 3. The Morgan fingerprint density at radius 1 is 0.676 bits per heavy atom. The van der Waals surface area contributed by atoms with E-state index in [2.05, 4.69) is 18.2 Å². The molecule has 37 heavy (non-hydrogen) atoms. The fraction of sp³-hybridized carbons (Fsp3) is 0.148. The molecule has 0 atom stereocenters. The maximum Gasteiger partial charge on any atom is 1.00 e. The van der Waals surface area contributed by atoms with E-state index in [0.717, 1.165) is 29.7 Å². The Labute approximate surface area is 282 Å². The Balaban J connectivity index is 0.00000432. The van der Waals surface area contributed by atoms with Crippen LogP contribution in [-0.4, -0.2) is 29.4 Å². The summed E-state index contributed by atoms with van der Waals surface area (Å²) in [5.41, 5.74) is 2.48. The smallest absolute Gasteiger partial charge is 0.549 e. The molecular formula is C27H22NNa3O6. The van der Waals surface area contributed by atoms with E-state index in [-0.39, 0.29) is 108 Å². The van der Waals surface area contributed by atoms with Crippen molar-refractivity contribution in [1.82, 2.24) is 4.90 Å². The van der Waals surface area contributed by atoms with Gasteiger partial charge >= 0.3 is 88.7 Å². The van der Waals surface area contributed by atoms with Crippen LogP contribution < -0.4 is 104 Å². The van der Waals surface area contributed by atoms with Gasteiger partial charge in [0.2, 0.25) is 0 Å². The Bertz CT molecular complexity index is 1200. The van der Waals surface area contributed by atoms with E-state index in [4.69, 9.17) is 0 Å². The molecular weight excluding hydrogens is 503 g/mol. The Morgan fingerprint density at radius 3 is 1.81 bits per heavy atom. The summed E-state index contributed by atoms with van der Waals surface area (Å²) in [5, 5.41) is 33.6. The zero-order valence-corrected chi connectivity index (χ0v) is 27.3. The van der Waals surface area contributed by atoms with Gasteiger partial charge < -0.3 is 29.7 Å². The molecule has 0 saturated carbocycles. The maximum atomic E-state index is 11.3. The summed E-state index contributed by atoms with van der Waals surface area (Å²) in [6.07, 6.45) is 4.89. The van der Waals surface area contributed by atoms with Gasteiger partial charge in [-0.15, -0.1) is 0 Å². The number of rotatable bonds is 11. The first-order valence-electron chi connectivity index (χ1n) is 10.6. The fourth-order valence-corrected chi connectivity index (χ4v) is 3.58. The predicted molar refractivity (Wildman–Crippen MR) is 120 cm³/mol. The van der Waals surface area contributed by atoms with Crippen molar-refractivity contribution in [3.05, 3.63) is 112 Å². The molecule has 0 saturated heterocycles. The Kier molecular flexibility index (Phi) is 17.5. The normalized spacial score (nSPS) is 10.2. The number of carboxylic acids is 3. The third-order valence-electron chi connectivity index (χ3n) is 5.18. The van der Waals surface area contributed by atoms with E-state index in [1.807, 2.05) is 48.5 Å². The average Bonchev–Trinajstić information content (AvgIpc) is 2.80. The predicted octanol–water partition coefficient (Wildman–Crippen LogP) is -8.57. The SMILES string of the molecule is O=C([O-])CN(Cc1ccc(/C=C/Cc2ccccc2)cc1)Cc1ccc(C(=O)[O-])c(C(=O)[O-])c1.[Na+].[Na+].[Na+].